The summed E-state index contributed by atoms with van der Waals surface area (Å²) in [4.78, 5) is 17.9. The van der Waals surface area contributed by atoms with E-state index in [2.05, 4.69) is 35.2 Å². The van der Waals surface area contributed by atoms with Gasteiger partial charge in [0.25, 0.3) is 0 Å². The number of phenolic OH excluding ortho intramolecular Hbond substituents is 1. The van der Waals surface area contributed by atoms with Crippen LogP contribution in [0, 0.1) is 0 Å². The molecule has 2 heterocycles. The maximum Gasteiger partial charge on any atom is 0.240 e. The molecule has 31 heavy (non-hydrogen) atoms. The van der Waals surface area contributed by atoms with Crippen LogP contribution >= 0.6 is 11.6 Å². The second kappa shape index (κ2) is 8.37. The number of halogens is 1. The van der Waals surface area contributed by atoms with Gasteiger partial charge in [-0.2, -0.15) is 0 Å². The topological polar surface area (TPSA) is 43.8 Å². The number of hydrogen-bond acceptors (Lipinski definition) is 3. The molecule has 5 rings (SSSR count). The summed E-state index contributed by atoms with van der Waals surface area (Å²) in [7, 11) is 0. The Kier molecular flexibility index (Phi) is 5.43. The van der Waals surface area contributed by atoms with Crippen LogP contribution in [0.5, 0.6) is 5.75 Å². The highest BCUT2D eigenvalue weighted by Crippen LogP contribution is 2.30. The van der Waals surface area contributed by atoms with E-state index in [-0.39, 0.29) is 17.7 Å². The van der Waals surface area contributed by atoms with Gasteiger partial charge in [0.2, 0.25) is 5.91 Å². The van der Waals surface area contributed by atoms with Crippen LogP contribution < -0.4 is 0 Å². The van der Waals surface area contributed by atoms with Gasteiger partial charge in [0.15, 0.2) is 0 Å². The summed E-state index contributed by atoms with van der Waals surface area (Å²) >= 11 is 6.18. The van der Waals surface area contributed by atoms with Crippen molar-refractivity contribution in [1.82, 2.24) is 9.80 Å². The summed E-state index contributed by atoms with van der Waals surface area (Å²) in [6.07, 6.45) is 1.56. The van der Waals surface area contributed by atoms with Gasteiger partial charge >= 0.3 is 0 Å². The fraction of sp³-hybridized carbons (Fsp3) is 0.269. The number of carbonyl (C=O) groups is 1. The Morgan fingerprint density at radius 2 is 1.61 bits per heavy atom. The van der Waals surface area contributed by atoms with E-state index < -0.39 is 0 Å². The summed E-state index contributed by atoms with van der Waals surface area (Å²) in [5.74, 6) is 0.367. The standard InChI is InChI=1S/C26H25ClN2O2/c27-23-9-10-25(30)22(13-23)17-29-16-21-8-4-2-6-19(21)14-24(29)26(31)28-12-11-18-5-1-3-7-20(18)15-28/h1-10,13,24,30H,11-12,14-17H2. The third-order valence-corrected chi connectivity index (χ3v) is 6.72. The second-order valence-corrected chi connectivity index (χ2v) is 8.88. The molecule has 0 saturated carbocycles. The maximum absolute atomic E-state index is 13.7. The largest absolute Gasteiger partial charge is 0.508 e. The average Bonchev–Trinajstić information content (AvgIpc) is 2.80. The van der Waals surface area contributed by atoms with Crippen molar-refractivity contribution in [3.05, 3.63) is 99.6 Å². The Morgan fingerprint density at radius 3 is 2.39 bits per heavy atom. The van der Waals surface area contributed by atoms with Crippen LogP contribution in [0.25, 0.3) is 0 Å². The number of carbonyl (C=O) groups excluding carboxylic acids is 1. The third-order valence-electron chi connectivity index (χ3n) is 6.49. The minimum Gasteiger partial charge on any atom is -0.508 e. The van der Waals surface area contributed by atoms with Crippen LogP contribution in [0.2, 0.25) is 5.02 Å². The summed E-state index contributed by atoms with van der Waals surface area (Å²) in [6.45, 7) is 2.54. The molecule has 0 saturated heterocycles. The van der Waals surface area contributed by atoms with Gasteiger partial charge in [-0.25, -0.2) is 0 Å². The SMILES string of the molecule is O=C(C1Cc2ccccc2CN1Cc1cc(Cl)ccc1O)N1CCc2ccccc2C1. The molecule has 1 N–H and O–H groups in total. The van der Waals surface area contributed by atoms with E-state index in [1.807, 2.05) is 23.1 Å². The first kappa shape index (κ1) is 20.1. The van der Waals surface area contributed by atoms with Gasteiger partial charge in [-0.15, -0.1) is 0 Å². The minimum atomic E-state index is -0.265. The zero-order valence-corrected chi connectivity index (χ0v) is 18.1. The van der Waals surface area contributed by atoms with Gasteiger partial charge in [-0.3, -0.25) is 9.69 Å². The van der Waals surface area contributed by atoms with Gasteiger partial charge < -0.3 is 10.0 Å². The molecule has 1 atom stereocenters. The van der Waals surface area contributed by atoms with Crippen molar-refractivity contribution >= 4 is 17.5 Å². The molecular weight excluding hydrogens is 408 g/mol. The number of fused-ring (bicyclic) bond motifs is 2. The van der Waals surface area contributed by atoms with Crippen LogP contribution in [0.4, 0.5) is 0 Å². The zero-order valence-electron chi connectivity index (χ0n) is 17.3. The number of rotatable bonds is 3. The van der Waals surface area contributed by atoms with E-state index in [1.165, 1.54) is 22.3 Å². The van der Waals surface area contributed by atoms with Crippen molar-refractivity contribution in [1.29, 1.82) is 0 Å². The van der Waals surface area contributed by atoms with E-state index in [0.29, 0.717) is 31.1 Å². The molecule has 3 aromatic rings. The first-order valence-corrected chi connectivity index (χ1v) is 11.1. The van der Waals surface area contributed by atoms with Crippen LogP contribution in [-0.4, -0.2) is 33.4 Å². The van der Waals surface area contributed by atoms with E-state index in [9.17, 15) is 9.90 Å². The Balaban J connectivity index is 1.44. The van der Waals surface area contributed by atoms with Gasteiger partial charge in [-0.1, -0.05) is 60.1 Å². The number of aromatic hydroxyl groups is 1. The van der Waals surface area contributed by atoms with Gasteiger partial charge in [-0.05, 0) is 53.3 Å². The average molecular weight is 433 g/mol. The van der Waals surface area contributed by atoms with Crippen molar-refractivity contribution in [3.8, 4) is 5.75 Å². The number of phenols is 1. The Hall–Kier alpha value is -2.82. The highest BCUT2D eigenvalue weighted by atomic mass is 35.5. The molecule has 2 aliphatic rings. The Bertz CT molecular complexity index is 1130. The van der Waals surface area contributed by atoms with Crippen LogP contribution in [0.1, 0.15) is 27.8 Å². The van der Waals surface area contributed by atoms with Crippen molar-refractivity contribution in [3.63, 3.8) is 0 Å². The molecule has 3 aromatic carbocycles. The van der Waals surface area contributed by atoms with E-state index in [1.54, 1.807) is 18.2 Å². The molecule has 1 unspecified atom stereocenters. The molecule has 4 nitrogen and oxygen atoms in total. The highest BCUT2D eigenvalue weighted by Gasteiger charge is 2.35. The second-order valence-electron chi connectivity index (χ2n) is 8.45. The monoisotopic (exact) mass is 432 g/mol. The molecule has 5 heteroatoms. The highest BCUT2D eigenvalue weighted by molar-refractivity contribution is 6.30. The van der Waals surface area contributed by atoms with Crippen molar-refractivity contribution < 1.29 is 9.90 Å². The third kappa shape index (κ3) is 4.06. The Morgan fingerprint density at radius 1 is 0.935 bits per heavy atom. The number of hydrogen-bond donors (Lipinski definition) is 1. The lowest BCUT2D eigenvalue weighted by Crippen LogP contribution is -2.52. The van der Waals surface area contributed by atoms with Gasteiger partial charge in [0.05, 0.1) is 6.04 Å². The number of amides is 1. The lowest BCUT2D eigenvalue weighted by molar-refractivity contribution is -0.139. The van der Waals surface area contributed by atoms with Crippen LogP contribution in [0.15, 0.2) is 66.7 Å². The van der Waals surface area contributed by atoms with E-state index in [0.717, 1.165) is 18.5 Å². The quantitative estimate of drug-likeness (QED) is 0.660. The molecule has 0 fully saturated rings. The minimum absolute atomic E-state index is 0.158. The molecule has 2 aliphatic heterocycles. The molecule has 0 radical (unpaired) electrons. The summed E-state index contributed by atoms with van der Waals surface area (Å²) in [5.41, 5.74) is 5.77. The van der Waals surface area contributed by atoms with E-state index >= 15 is 0 Å². The Labute approximate surface area is 187 Å². The summed E-state index contributed by atoms with van der Waals surface area (Å²) < 4.78 is 0. The first-order valence-electron chi connectivity index (χ1n) is 10.7. The number of benzene rings is 3. The van der Waals surface area contributed by atoms with E-state index in [4.69, 9.17) is 11.6 Å². The molecule has 0 aliphatic carbocycles. The normalized spacial score (nSPS) is 18.4. The number of nitrogens with zero attached hydrogens (tertiary/aromatic N) is 2. The summed E-state index contributed by atoms with van der Waals surface area (Å²) in [5, 5.41) is 10.9. The lowest BCUT2D eigenvalue weighted by Gasteiger charge is -2.40. The van der Waals surface area contributed by atoms with Crippen LogP contribution in [-0.2, 0) is 37.3 Å². The predicted octanol–water partition coefficient (Wildman–Crippen LogP) is 4.56. The molecular formula is C26H25ClN2O2. The summed E-state index contributed by atoms with van der Waals surface area (Å²) in [6, 6.07) is 21.5. The molecule has 1 amide bonds. The smallest absolute Gasteiger partial charge is 0.240 e. The van der Waals surface area contributed by atoms with Crippen LogP contribution in [0.3, 0.4) is 0 Å². The zero-order chi connectivity index (χ0) is 21.4. The molecule has 158 valence electrons. The van der Waals surface area contributed by atoms with Gasteiger partial charge in [0.1, 0.15) is 5.75 Å². The van der Waals surface area contributed by atoms with Crippen molar-refractivity contribution in [2.24, 2.45) is 0 Å². The fourth-order valence-corrected chi connectivity index (χ4v) is 4.98. The fourth-order valence-electron chi connectivity index (χ4n) is 4.78. The van der Waals surface area contributed by atoms with Crippen molar-refractivity contribution in [2.75, 3.05) is 6.54 Å². The molecule has 0 aromatic heterocycles. The lowest BCUT2D eigenvalue weighted by atomic mass is 9.91. The molecule has 0 bridgehead atoms. The predicted molar refractivity (Wildman–Crippen MR) is 122 cm³/mol. The van der Waals surface area contributed by atoms with Crippen molar-refractivity contribution in [2.45, 2.75) is 38.5 Å². The van der Waals surface area contributed by atoms with Gasteiger partial charge in [0, 0.05) is 36.8 Å². The maximum atomic E-state index is 13.7. The first-order chi connectivity index (χ1) is 15.1. The molecule has 0 spiro atoms.